The molecule has 1 aromatic heterocycles. The summed E-state index contributed by atoms with van der Waals surface area (Å²) in [4.78, 5) is 12.1. The number of nitrogens with one attached hydrogen (secondary N) is 1. The average molecular weight is 296 g/mol. The van der Waals surface area contributed by atoms with Crippen LogP contribution < -0.4 is 10.1 Å². The molecule has 0 fully saturated rings. The van der Waals surface area contributed by atoms with Crippen molar-refractivity contribution in [3.63, 3.8) is 0 Å². The van der Waals surface area contributed by atoms with Crippen molar-refractivity contribution < 1.29 is 9.53 Å². The number of aryl methyl sites for hydroxylation is 1. The minimum absolute atomic E-state index is 0.0156. The number of nitriles is 1. The van der Waals surface area contributed by atoms with Crippen LogP contribution in [-0.4, -0.2) is 22.3 Å². The van der Waals surface area contributed by atoms with Crippen LogP contribution in [0.15, 0.2) is 42.2 Å². The van der Waals surface area contributed by atoms with Gasteiger partial charge in [0, 0.05) is 24.5 Å². The standard InChI is InChI=1S/C16H16N4O2/c1-3-22-15-6-4-14(5-7-15)19-16(21)13(9-17)8-12-10-18-20(2)11-12/h4-8,10-11H,3H2,1-2H3,(H,19,21)/b13-8+. The molecule has 1 amide bonds. The molecule has 6 heteroatoms. The summed E-state index contributed by atoms with van der Waals surface area (Å²) in [7, 11) is 1.77. The van der Waals surface area contributed by atoms with E-state index in [0.717, 1.165) is 5.75 Å². The largest absolute Gasteiger partial charge is 0.494 e. The lowest BCUT2D eigenvalue weighted by Gasteiger charge is -2.06. The van der Waals surface area contributed by atoms with Gasteiger partial charge in [0.05, 0.1) is 12.8 Å². The fourth-order valence-corrected chi connectivity index (χ4v) is 1.83. The third kappa shape index (κ3) is 3.96. The van der Waals surface area contributed by atoms with Crippen molar-refractivity contribution in [3.8, 4) is 11.8 Å². The van der Waals surface area contributed by atoms with E-state index >= 15 is 0 Å². The predicted octanol–water partition coefficient (Wildman–Crippen LogP) is 2.36. The van der Waals surface area contributed by atoms with Gasteiger partial charge in [-0.3, -0.25) is 9.48 Å². The summed E-state index contributed by atoms with van der Waals surface area (Å²) in [5.74, 6) is 0.266. The van der Waals surface area contributed by atoms with Crippen molar-refractivity contribution in [3.05, 3.63) is 47.8 Å². The highest BCUT2D eigenvalue weighted by atomic mass is 16.5. The molecule has 0 aliphatic heterocycles. The van der Waals surface area contributed by atoms with Crippen molar-refractivity contribution in [1.29, 1.82) is 5.26 Å². The number of benzene rings is 1. The Bertz CT molecular complexity index is 723. The summed E-state index contributed by atoms with van der Waals surface area (Å²) in [5.41, 5.74) is 1.31. The molecule has 1 N–H and O–H groups in total. The number of nitrogens with zero attached hydrogens (tertiary/aromatic N) is 3. The maximum atomic E-state index is 12.1. The summed E-state index contributed by atoms with van der Waals surface area (Å²) in [5, 5.41) is 15.8. The van der Waals surface area contributed by atoms with Crippen molar-refractivity contribution >= 4 is 17.7 Å². The van der Waals surface area contributed by atoms with E-state index in [1.165, 1.54) is 6.08 Å². The summed E-state index contributed by atoms with van der Waals surface area (Å²) in [6.45, 7) is 2.48. The number of rotatable bonds is 5. The molecule has 0 aliphatic carbocycles. The van der Waals surface area contributed by atoms with E-state index in [1.54, 1.807) is 48.4 Å². The number of ether oxygens (including phenoxy) is 1. The van der Waals surface area contributed by atoms with Crippen LogP contribution in [0.3, 0.4) is 0 Å². The van der Waals surface area contributed by atoms with Crippen LogP contribution in [0.5, 0.6) is 5.75 Å². The highest BCUT2D eigenvalue weighted by molar-refractivity contribution is 6.09. The maximum absolute atomic E-state index is 12.1. The number of amides is 1. The minimum atomic E-state index is -0.462. The quantitative estimate of drug-likeness (QED) is 0.678. The Hall–Kier alpha value is -3.07. The molecule has 0 bridgehead atoms. The third-order valence-corrected chi connectivity index (χ3v) is 2.82. The molecule has 2 aromatic rings. The Kier molecular flexibility index (Phi) is 4.94. The fourth-order valence-electron chi connectivity index (χ4n) is 1.83. The molecule has 0 saturated heterocycles. The van der Waals surface area contributed by atoms with E-state index in [9.17, 15) is 4.79 Å². The van der Waals surface area contributed by atoms with E-state index in [0.29, 0.717) is 17.9 Å². The highest BCUT2D eigenvalue weighted by Crippen LogP contribution is 2.16. The van der Waals surface area contributed by atoms with Gasteiger partial charge < -0.3 is 10.1 Å². The predicted molar refractivity (Wildman–Crippen MR) is 83.0 cm³/mol. The van der Waals surface area contributed by atoms with Crippen molar-refractivity contribution in [1.82, 2.24) is 9.78 Å². The second-order valence-corrected chi connectivity index (χ2v) is 4.53. The molecule has 0 unspecified atom stereocenters. The molecular weight excluding hydrogens is 280 g/mol. The first-order valence-corrected chi connectivity index (χ1v) is 6.77. The summed E-state index contributed by atoms with van der Waals surface area (Å²) >= 11 is 0. The Balaban J connectivity index is 2.09. The van der Waals surface area contributed by atoms with E-state index in [4.69, 9.17) is 10.00 Å². The van der Waals surface area contributed by atoms with Gasteiger partial charge >= 0.3 is 0 Å². The Morgan fingerprint density at radius 3 is 2.73 bits per heavy atom. The summed E-state index contributed by atoms with van der Waals surface area (Å²) < 4.78 is 6.93. The van der Waals surface area contributed by atoms with Gasteiger partial charge in [0.25, 0.3) is 5.91 Å². The molecule has 1 aromatic carbocycles. The zero-order chi connectivity index (χ0) is 15.9. The van der Waals surface area contributed by atoms with Gasteiger partial charge in [0.2, 0.25) is 0 Å². The number of carbonyl (C=O) groups is 1. The zero-order valence-electron chi connectivity index (χ0n) is 12.4. The third-order valence-electron chi connectivity index (χ3n) is 2.82. The maximum Gasteiger partial charge on any atom is 0.266 e. The Morgan fingerprint density at radius 1 is 1.45 bits per heavy atom. The summed E-state index contributed by atoms with van der Waals surface area (Å²) in [6, 6.07) is 8.87. The van der Waals surface area contributed by atoms with E-state index in [-0.39, 0.29) is 5.57 Å². The Morgan fingerprint density at radius 2 is 2.18 bits per heavy atom. The molecular formula is C16H16N4O2. The van der Waals surface area contributed by atoms with Gasteiger partial charge in [-0.25, -0.2) is 0 Å². The number of hydrogen-bond acceptors (Lipinski definition) is 4. The number of carbonyl (C=O) groups excluding carboxylic acids is 1. The van der Waals surface area contributed by atoms with Crippen LogP contribution >= 0.6 is 0 Å². The molecule has 22 heavy (non-hydrogen) atoms. The van der Waals surface area contributed by atoms with Crippen LogP contribution in [0, 0.1) is 11.3 Å². The lowest BCUT2D eigenvalue weighted by molar-refractivity contribution is -0.112. The minimum Gasteiger partial charge on any atom is -0.494 e. The molecule has 6 nitrogen and oxygen atoms in total. The topological polar surface area (TPSA) is 79.9 Å². The van der Waals surface area contributed by atoms with Crippen molar-refractivity contribution in [2.45, 2.75) is 6.92 Å². The van der Waals surface area contributed by atoms with Gasteiger partial charge in [-0.2, -0.15) is 10.4 Å². The SMILES string of the molecule is CCOc1ccc(NC(=O)/C(C#N)=C/c2cnn(C)c2)cc1. The average Bonchev–Trinajstić information content (AvgIpc) is 2.92. The number of anilines is 1. The van der Waals surface area contributed by atoms with Crippen molar-refractivity contribution in [2.75, 3.05) is 11.9 Å². The molecule has 0 radical (unpaired) electrons. The van der Waals surface area contributed by atoms with Crippen LogP contribution in [0.4, 0.5) is 5.69 Å². The first-order chi connectivity index (χ1) is 10.6. The lowest BCUT2D eigenvalue weighted by Crippen LogP contribution is -2.13. The first-order valence-electron chi connectivity index (χ1n) is 6.77. The van der Waals surface area contributed by atoms with Gasteiger partial charge in [-0.1, -0.05) is 0 Å². The van der Waals surface area contributed by atoms with Crippen LogP contribution in [0.25, 0.3) is 6.08 Å². The highest BCUT2D eigenvalue weighted by Gasteiger charge is 2.10. The van der Waals surface area contributed by atoms with E-state index in [2.05, 4.69) is 10.4 Å². The Labute approximate surface area is 128 Å². The zero-order valence-corrected chi connectivity index (χ0v) is 12.4. The number of hydrogen-bond donors (Lipinski definition) is 1. The second-order valence-electron chi connectivity index (χ2n) is 4.53. The molecule has 0 atom stereocenters. The molecule has 112 valence electrons. The molecule has 0 spiro atoms. The number of aromatic nitrogens is 2. The van der Waals surface area contributed by atoms with Gasteiger partial charge in [-0.05, 0) is 37.3 Å². The monoisotopic (exact) mass is 296 g/mol. The molecule has 1 heterocycles. The van der Waals surface area contributed by atoms with Crippen LogP contribution in [-0.2, 0) is 11.8 Å². The van der Waals surface area contributed by atoms with Gasteiger partial charge in [0.1, 0.15) is 17.4 Å². The van der Waals surface area contributed by atoms with Gasteiger partial charge in [-0.15, -0.1) is 0 Å². The van der Waals surface area contributed by atoms with Gasteiger partial charge in [0.15, 0.2) is 0 Å². The fraction of sp³-hybridized carbons (Fsp3) is 0.188. The second kappa shape index (κ2) is 7.09. The molecule has 0 aliphatic rings. The lowest BCUT2D eigenvalue weighted by atomic mass is 10.2. The summed E-state index contributed by atoms with van der Waals surface area (Å²) in [6.07, 6.45) is 4.81. The first kappa shape index (κ1) is 15.3. The van der Waals surface area contributed by atoms with Crippen molar-refractivity contribution in [2.24, 2.45) is 7.05 Å². The van der Waals surface area contributed by atoms with E-state index in [1.807, 2.05) is 13.0 Å². The normalized spacial score (nSPS) is 10.9. The molecule has 0 saturated carbocycles. The van der Waals surface area contributed by atoms with E-state index < -0.39 is 5.91 Å². The smallest absolute Gasteiger partial charge is 0.266 e. The van der Waals surface area contributed by atoms with Crippen LogP contribution in [0.1, 0.15) is 12.5 Å². The molecule has 2 rings (SSSR count). The van der Waals surface area contributed by atoms with Crippen LogP contribution in [0.2, 0.25) is 0 Å².